The van der Waals surface area contributed by atoms with E-state index in [2.05, 4.69) is 19.6 Å². The van der Waals surface area contributed by atoms with E-state index in [4.69, 9.17) is 4.74 Å². The van der Waals surface area contributed by atoms with Crippen molar-refractivity contribution in [1.29, 1.82) is 0 Å². The van der Waals surface area contributed by atoms with E-state index in [1.807, 2.05) is 13.8 Å². The molecule has 0 aliphatic carbocycles. The second kappa shape index (κ2) is 17.3. The second-order valence-electron chi connectivity index (χ2n) is 10.4. The molecule has 1 heterocycles. The quantitative estimate of drug-likeness (QED) is 0.0943. The molecule has 17 nitrogen and oxygen atoms in total. The summed E-state index contributed by atoms with van der Waals surface area (Å²) in [6.07, 6.45) is -1.11. The number of esters is 1. The van der Waals surface area contributed by atoms with Gasteiger partial charge in [-0.3, -0.25) is 4.79 Å². The van der Waals surface area contributed by atoms with Crippen LogP contribution in [0.5, 0.6) is 0 Å². The Morgan fingerprint density at radius 2 is 1.78 bits per heavy atom. The first-order valence-corrected chi connectivity index (χ1v) is 15.7. The van der Waals surface area contributed by atoms with Crippen LogP contribution in [0.1, 0.15) is 56.7 Å². The van der Waals surface area contributed by atoms with Crippen molar-refractivity contribution in [3.05, 3.63) is 67.6 Å². The zero-order valence-electron chi connectivity index (χ0n) is 25.5. The highest BCUT2D eigenvalue weighted by atomic mass is 32.2. The first-order valence-electron chi connectivity index (χ1n) is 13.9. The van der Waals surface area contributed by atoms with Gasteiger partial charge in [0, 0.05) is 24.6 Å². The number of hydrogen-bond acceptors (Lipinski definition) is 14. The van der Waals surface area contributed by atoms with Crippen molar-refractivity contribution >= 4 is 28.0 Å². The molecule has 0 spiro atoms. The number of benzene rings is 1. The van der Waals surface area contributed by atoms with Gasteiger partial charge in [-0.25, -0.2) is 27.1 Å². The van der Waals surface area contributed by atoms with Crippen LogP contribution in [0.15, 0.2) is 30.3 Å². The predicted molar refractivity (Wildman–Crippen MR) is 160 cm³/mol. The molecule has 0 amide bonds. The fourth-order valence-corrected chi connectivity index (χ4v) is 4.40. The smallest absolute Gasteiger partial charge is 0.308 e. The summed E-state index contributed by atoms with van der Waals surface area (Å²) >= 11 is 0. The third-order valence-electron chi connectivity index (χ3n) is 6.34. The molecule has 1 aromatic carbocycles. The predicted octanol–water partition coefficient (Wildman–Crippen LogP) is 2.43. The number of halogens is 1. The maximum atomic E-state index is 13.7. The number of hydrogen-bond donors (Lipinski definition) is 2. The summed E-state index contributed by atoms with van der Waals surface area (Å²) in [6.45, 7) is 2.71. The number of anilines is 1. The number of carbonyl (C=O) groups is 1. The Balaban J connectivity index is 2.17. The largest absolute Gasteiger partial charge is 0.463 e. The Kier molecular flexibility index (Phi) is 14.2. The van der Waals surface area contributed by atoms with Crippen LogP contribution in [0.2, 0.25) is 0 Å². The number of sulfonamides is 1. The highest BCUT2D eigenvalue weighted by molar-refractivity contribution is 7.92. The van der Waals surface area contributed by atoms with Gasteiger partial charge in [-0.15, -0.1) is 20.2 Å². The maximum absolute atomic E-state index is 13.7. The van der Waals surface area contributed by atoms with Gasteiger partial charge >= 0.3 is 5.97 Å². The summed E-state index contributed by atoms with van der Waals surface area (Å²) in [5.41, 5.74) is 1.52. The van der Waals surface area contributed by atoms with Gasteiger partial charge in [-0.1, -0.05) is 26.0 Å². The normalized spacial score (nSPS) is 13.7. The van der Waals surface area contributed by atoms with E-state index in [1.54, 1.807) is 0 Å². The van der Waals surface area contributed by atoms with Crippen LogP contribution in [-0.2, 0) is 29.2 Å². The Bertz CT molecular complexity index is 1490. The van der Waals surface area contributed by atoms with E-state index in [-0.39, 0.29) is 43.4 Å². The molecule has 3 atom stereocenters. The Morgan fingerprint density at radius 3 is 2.35 bits per heavy atom. The highest BCUT2D eigenvalue weighted by Crippen LogP contribution is 2.31. The summed E-state index contributed by atoms with van der Waals surface area (Å²) in [5.74, 6) is -1.82. The molecule has 46 heavy (non-hydrogen) atoms. The van der Waals surface area contributed by atoms with Crippen LogP contribution in [0, 0.1) is 26.0 Å². The fraction of sp³-hybridized carbons (Fsp3) is 0.519. The minimum Gasteiger partial charge on any atom is -0.463 e. The van der Waals surface area contributed by atoms with Crippen LogP contribution in [0.4, 0.5) is 10.3 Å². The van der Waals surface area contributed by atoms with E-state index in [0.717, 1.165) is 10.6 Å². The van der Waals surface area contributed by atoms with Crippen molar-refractivity contribution in [1.82, 2.24) is 9.97 Å². The maximum Gasteiger partial charge on any atom is 0.308 e. The number of carbonyl (C=O) groups excluding carboxylic acids is 1. The Hall–Kier alpha value is -4.49. The zero-order chi connectivity index (χ0) is 34.6. The molecule has 0 saturated heterocycles. The summed E-state index contributed by atoms with van der Waals surface area (Å²) < 4.78 is 43.9. The molecule has 2 N–H and O–H groups in total. The van der Waals surface area contributed by atoms with E-state index in [9.17, 15) is 48.0 Å². The number of aliphatic hydroxyl groups excluding tert-OH is 2. The van der Waals surface area contributed by atoms with Gasteiger partial charge < -0.3 is 24.6 Å². The Morgan fingerprint density at radius 1 is 1.13 bits per heavy atom. The molecule has 0 radical (unpaired) electrons. The lowest BCUT2D eigenvalue weighted by Crippen LogP contribution is -2.27. The number of ether oxygens (including phenoxy) is 1. The minimum atomic E-state index is -3.73. The number of nitrogens with zero attached hydrogens (tertiary/aromatic N) is 5. The molecule has 2 aromatic rings. The molecule has 0 bridgehead atoms. The lowest BCUT2D eigenvalue weighted by Gasteiger charge is -2.20. The van der Waals surface area contributed by atoms with Crippen LogP contribution < -0.4 is 4.31 Å². The van der Waals surface area contributed by atoms with Gasteiger partial charge in [0.1, 0.15) is 18.5 Å². The third kappa shape index (κ3) is 12.5. The van der Waals surface area contributed by atoms with Gasteiger partial charge in [-0.05, 0) is 43.0 Å². The summed E-state index contributed by atoms with van der Waals surface area (Å²) in [4.78, 5) is 50.5. The fourth-order valence-electron chi connectivity index (χ4n) is 4.02. The molecule has 1 unspecified atom stereocenters. The summed E-state index contributed by atoms with van der Waals surface area (Å²) in [7, 11) is -2.44. The molecule has 0 saturated carbocycles. The topological polar surface area (TPSA) is 235 Å². The van der Waals surface area contributed by atoms with Crippen LogP contribution >= 0.6 is 0 Å². The standard InChI is InChI=1S/C27H36FN5O12S/c1-17(2)25-23(26(18-7-9-19(28)10-8-18)30-27(29-25)31(3)46(4,41)42)12-11-20(34)14-21(35)15-24(36)43-16-22(45-33(39)40)6-5-13-44-32(37)38/h7-12,17,20-22,34-35H,5-6,13-16H2,1-4H3/b12-11+/t20-,21-,22?/m1/s1. The molecule has 19 heteroatoms. The van der Waals surface area contributed by atoms with Gasteiger partial charge in [0.25, 0.3) is 10.2 Å². The molecule has 1 aromatic heterocycles. The molecule has 254 valence electrons. The molecular formula is C27H36FN5O12S. The first kappa shape index (κ1) is 37.7. The van der Waals surface area contributed by atoms with Crippen LogP contribution in [0.3, 0.4) is 0 Å². The molecule has 0 aliphatic rings. The van der Waals surface area contributed by atoms with E-state index in [0.29, 0.717) is 16.8 Å². The van der Waals surface area contributed by atoms with E-state index in [1.165, 1.54) is 43.5 Å². The highest BCUT2D eigenvalue weighted by Gasteiger charge is 2.23. The molecule has 0 aliphatic heterocycles. The SMILES string of the molecule is CC(C)c1nc(N(C)S(C)(=O)=O)nc(-c2ccc(F)cc2)c1/C=C/[C@@H](O)C[C@@H](O)CC(=O)OCC(CCCO[N+](=O)[O-])O[N+](=O)[O-]. The summed E-state index contributed by atoms with van der Waals surface area (Å²) in [5, 5.41) is 39.8. The minimum absolute atomic E-state index is 0.00174. The van der Waals surface area contributed by atoms with Crippen molar-refractivity contribution in [2.75, 3.05) is 30.8 Å². The van der Waals surface area contributed by atoms with Gasteiger partial charge in [0.05, 0.1) is 42.9 Å². The van der Waals surface area contributed by atoms with Gasteiger partial charge in [0.15, 0.2) is 0 Å². The van der Waals surface area contributed by atoms with Crippen LogP contribution in [-0.4, -0.2) is 89.6 Å². The Labute approximate surface area is 263 Å². The van der Waals surface area contributed by atoms with Crippen molar-refractivity contribution in [3.63, 3.8) is 0 Å². The molecule has 2 rings (SSSR count). The van der Waals surface area contributed by atoms with E-state index >= 15 is 0 Å². The van der Waals surface area contributed by atoms with Gasteiger partial charge in [0.2, 0.25) is 16.0 Å². The first-order chi connectivity index (χ1) is 21.5. The van der Waals surface area contributed by atoms with Crippen molar-refractivity contribution < 1.29 is 52.4 Å². The average Bonchev–Trinajstić information content (AvgIpc) is 2.95. The zero-order valence-corrected chi connectivity index (χ0v) is 26.3. The lowest BCUT2D eigenvalue weighted by atomic mass is 9.97. The van der Waals surface area contributed by atoms with Crippen molar-refractivity contribution in [3.8, 4) is 11.3 Å². The molecule has 0 fully saturated rings. The third-order valence-corrected chi connectivity index (χ3v) is 7.50. The van der Waals surface area contributed by atoms with Gasteiger partial charge in [-0.2, -0.15) is 0 Å². The average molecular weight is 674 g/mol. The molecular weight excluding hydrogens is 637 g/mol. The monoisotopic (exact) mass is 673 g/mol. The second-order valence-corrected chi connectivity index (χ2v) is 12.4. The van der Waals surface area contributed by atoms with Crippen molar-refractivity contribution in [2.24, 2.45) is 0 Å². The lowest BCUT2D eigenvalue weighted by molar-refractivity contribution is -0.769. The van der Waals surface area contributed by atoms with E-state index < -0.39 is 63.3 Å². The van der Waals surface area contributed by atoms with Crippen LogP contribution in [0.25, 0.3) is 17.3 Å². The number of aromatic nitrogens is 2. The van der Waals surface area contributed by atoms with Crippen molar-refractivity contribution in [2.45, 2.75) is 63.8 Å². The summed E-state index contributed by atoms with van der Waals surface area (Å²) in [6, 6.07) is 5.33. The number of rotatable bonds is 19. The number of aliphatic hydroxyl groups is 2.